The van der Waals surface area contributed by atoms with Crippen molar-refractivity contribution in [3.05, 3.63) is 22.7 Å². The Bertz CT molecular complexity index is 493. The van der Waals surface area contributed by atoms with E-state index in [2.05, 4.69) is 0 Å². The third kappa shape index (κ3) is 2.61. The Morgan fingerprint density at radius 3 is 2.60 bits per heavy atom. The van der Waals surface area contributed by atoms with Crippen LogP contribution in [0.5, 0.6) is 11.5 Å². The van der Waals surface area contributed by atoms with E-state index in [0.29, 0.717) is 10.9 Å². The van der Waals surface area contributed by atoms with Crippen LogP contribution in [0.2, 0.25) is 5.02 Å². The van der Waals surface area contributed by atoms with E-state index in [1.54, 1.807) is 7.11 Å². The summed E-state index contributed by atoms with van der Waals surface area (Å²) in [7, 11) is 1.66. The van der Waals surface area contributed by atoms with Gasteiger partial charge in [0.05, 0.1) is 13.7 Å². The first-order valence-electron chi connectivity index (χ1n) is 7.43. The molecule has 0 atom stereocenters. The fraction of sp³-hybridized carbons (Fsp3) is 0.625. The van der Waals surface area contributed by atoms with Gasteiger partial charge in [-0.05, 0) is 43.7 Å². The topological polar surface area (TPSA) is 44.5 Å². The number of methoxy groups -OCH3 is 1. The van der Waals surface area contributed by atoms with Gasteiger partial charge in [0.25, 0.3) is 0 Å². The van der Waals surface area contributed by atoms with E-state index < -0.39 is 0 Å². The van der Waals surface area contributed by atoms with E-state index in [9.17, 15) is 0 Å². The molecule has 0 bridgehead atoms. The number of ether oxygens (including phenoxy) is 2. The third-order valence-electron chi connectivity index (χ3n) is 4.44. The molecule has 4 heteroatoms. The van der Waals surface area contributed by atoms with Gasteiger partial charge in [-0.3, -0.25) is 0 Å². The van der Waals surface area contributed by atoms with Crippen molar-refractivity contribution in [1.82, 2.24) is 0 Å². The van der Waals surface area contributed by atoms with Crippen molar-refractivity contribution in [3.8, 4) is 11.5 Å². The highest BCUT2D eigenvalue weighted by atomic mass is 35.5. The second-order valence-corrected chi connectivity index (χ2v) is 6.48. The highest BCUT2D eigenvalue weighted by Gasteiger charge is 2.37. The molecular formula is C16H22ClNO2. The lowest BCUT2D eigenvalue weighted by atomic mass is 9.88. The second-order valence-electron chi connectivity index (χ2n) is 6.07. The van der Waals surface area contributed by atoms with Crippen molar-refractivity contribution < 1.29 is 9.47 Å². The summed E-state index contributed by atoms with van der Waals surface area (Å²) in [6.45, 7) is 0.736. The summed E-state index contributed by atoms with van der Waals surface area (Å²) in [6.07, 6.45) is 6.72. The second kappa shape index (κ2) is 5.45. The first-order valence-corrected chi connectivity index (χ1v) is 7.80. The predicted octanol–water partition coefficient (Wildman–Crippen LogP) is 3.87. The molecule has 2 aliphatic carbocycles. The molecule has 0 radical (unpaired) electrons. The Kier molecular flexibility index (Phi) is 3.83. The summed E-state index contributed by atoms with van der Waals surface area (Å²) < 4.78 is 11.5. The lowest BCUT2D eigenvalue weighted by Crippen LogP contribution is -2.34. The minimum absolute atomic E-state index is 0.371. The van der Waals surface area contributed by atoms with Gasteiger partial charge in [-0.25, -0.2) is 0 Å². The lowest BCUT2D eigenvalue weighted by Gasteiger charge is -2.29. The van der Waals surface area contributed by atoms with E-state index in [0.717, 1.165) is 49.4 Å². The van der Waals surface area contributed by atoms with Crippen LogP contribution in [0.4, 0.5) is 0 Å². The van der Waals surface area contributed by atoms with Crippen LogP contribution in [0.25, 0.3) is 0 Å². The Morgan fingerprint density at radius 2 is 2.00 bits per heavy atom. The molecular weight excluding hydrogens is 274 g/mol. The maximum Gasteiger partial charge on any atom is 0.167 e. The first kappa shape index (κ1) is 14.0. The number of nitrogens with two attached hydrogens (primary N) is 1. The zero-order valence-corrected chi connectivity index (χ0v) is 12.7. The average Bonchev–Trinajstić information content (AvgIpc) is 3.17. The minimum Gasteiger partial charge on any atom is -0.493 e. The summed E-state index contributed by atoms with van der Waals surface area (Å²) >= 11 is 6.44. The molecule has 2 saturated carbocycles. The van der Waals surface area contributed by atoms with Gasteiger partial charge in [0.15, 0.2) is 11.5 Å². The molecule has 2 fully saturated rings. The molecule has 110 valence electrons. The molecule has 0 aromatic heterocycles. The van der Waals surface area contributed by atoms with Crippen LogP contribution in [-0.4, -0.2) is 13.7 Å². The zero-order chi connectivity index (χ0) is 14.2. The van der Waals surface area contributed by atoms with Gasteiger partial charge in [0, 0.05) is 16.1 Å². The molecule has 0 saturated heterocycles. The fourth-order valence-electron chi connectivity index (χ4n) is 3.05. The largest absolute Gasteiger partial charge is 0.493 e. The maximum absolute atomic E-state index is 6.61. The van der Waals surface area contributed by atoms with Gasteiger partial charge in [0.2, 0.25) is 0 Å². The molecule has 1 aromatic rings. The van der Waals surface area contributed by atoms with Crippen molar-refractivity contribution in [1.29, 1.82) is 0 Å². The zero-order valence-electron chi connectivity index (χ0n) is 12.0. The highest BCUT2D eigenvalue weighted by Crippen LogP contribution is 2.48. The van der Waals surface area contributed by atoms with Crippen LogP contribution in [0, 0.1) is 5.92 Å². The van der Waals surface area contributed by atoms with Gasteiger partial charge in [-0.15, -0.1) is 0 Å². The van der Waals surface area contributed by atoms with Crippen LogP contribution >= 0.6 is 11.6 Å². The lowest BCUT2D eigenvalue weighted by molar-refractivity contribution is 0.269. The van der Waals surface area contributed by atoms with E-state index in [1.165, 1.54) is 12.8 Å². The number of hydrogen-bond acceptors (Lipinski definition) is 3. The monoisotopic (exact) mass is 295 g/mol. The standard InChI is InChI=1S/C16H22ClNO2/c1-19-13-7-6-12(17)14(16(18)8-2-3-9-16)15(13)20-10-11-4-5-11/h6-7,11H,2-5,8-10,18H2,1H3. The molecule has 20 heavy (non-hydrogen) atoms. The van der Waals surface area contributed by atoms with Crippen molar-refractivity contribution in [2.24, 2.45) is 11.7 Å². The molecule has 2 aliphatic rings. The van der Waals surface area contributed by atoms with Crippen LogP contribution in [0.1, 0.15) is 44.1 Å². The fourth-order valence-corrected chi connectivity index (χ4v) is 3.39. The van der Waals surface area contributed by atoms with Gasteiger partial charge < -0.3 is 15.2 Å². The Hall–Kier alpha value is -0.930. The average molecular weight is 296 g/mol. The summed E-state index contributed by atoms with van der Waals surface area (Å²) in [6, 6.07) is 3.74. The van der Waals surface area contributed by atoms with Crippen LogP contribution in [-0.2, 0) is 5.54 Å². The van der Waals surface area contributed by atoms with Gasteiger partial charge in [0.1, 0.15) is 0 Å². The van der Waals surface area contributed by atoms with Gasteiger partial charge in [-0.2, -0.15) is 0 Å². The van der Waals surface area contributed by atoms with Crippen molar-refractivity contribution >= 4 is 11.6 Å². The molecule has 0 heterocycles. The Morgan fingerprint density at radius 1 is 1.30 bits per heavy atom. The molecule has 3 nitrogen and oxygen atoms in total. The molecule has 2 N–H and O–H groups in total. The van der Waals surface area contributed by atoms with E-state index in [-0.39, 0.29) is 5.54 Å². The van der Waals surface area contributed by atoms with Crippen molar-refractivity contribution in [2.75, 3.05) is 13.7 Å². The van der Waals surface area contributed by atoms with Gasteiger partial charge >= 0.3 is 0 Å². The van der Waals surface area contributed by atoms with Crippen molar-refractivity contribution in [3.63, 3.8) is 0 Å². The normalized spacial score (nSPS) is 20.9. The van der Waals surface area contributed by atoms with Crippen molar-refractivity contribution in [2.45, 2.75) is 44.1 Å². The SMILES string of the molecule is COc1ccc(Cl)c(C2(N)CCCC2)c1OCC1CC1. The number of rotatable bonds is 5. The van der Waals surface area contributed by atoms with Crippen LogP contribution < -0.4 is 15.2 Å². The quantitative estimate of drug-likeness (QED) is 0.897. The smallest absolute Gasteiger partial charge is 0.167 e. The molecule has 1 aromatic carbocycles. The molecule has 3 rings (SSSR count). The molecule has 0 amide bonds. The Labute approximate surface area is 125 Å². The summed E-state index contributed by atoms with van der Waals surface area (Å²) in [5, 5.41) is 0.695. The number of benzene rings is 1. The minimum atomic E-state index is -0.371. The molecule has 0 spiro atoms. The van der Waals surface area contributed by atoms with Gasteiger partial charge in [-0.1, -0.05) is 24.4 Å². The summed E-state index contributed by atoms with van der Waals surface area (Å²) in [5.74, 6) is 2.18. The Balaban J connectivity index is 1.99. The summed E-state index contributed by atoms with van der Waals surface area (Å²) in [5.41, 5.74) is 7.18. The first-order chi connectivity index (χ1) is 9.64. The number of hydrogen-bond donors (Lipinski definition) is 1. The van der Waals surface area contributed by atoms with E-state index >= 15 is 0 Å². The van der Waals surface area contributed by atoms with Crippen LogP contribution in [0.3, 0.4) is 0 Å². The summed E-state index contributed by atoms with van der Waals surface area (Å²) in [4.78, 5) is 0. The highest BCUT2D eigenvalue weighted by molar-refractivity contribution is 6.31. The molecule has 0 aliphatic heterocycles. The predicted molar refractivity (Wildman–Crippen MR) is 80.6 cm³/mol. The van der Waals surface area contributed by atoms with E-state index in [4.69, 9.17) is 26.8 Å². The third-order valence-corrected chi connectivity index (χ3v) is 4.76. The maximum atomic E-state index is 6.61. The molecule has 0 unspecified atom stereocenters. The van der Waals surface area contributed by atoms with Crippen LogP contribution in [0.15, 0.2) is 12.1 Å². The number of halogens is 1. The van der Waals surface area contributed by atoms with E-state index in [1.807, 2.05) is 12.1 Å².